The van der Waals surface area contributed by atoms with E-state index in [1.54, 1.807) is 44.2 Å². The van der Waals surface area contributed by atoms with Gasteiger partial charge < -0.3 is 10.2 Å². The highest BCUT2D eigenvalue weighted by Gasteiger charge is 2.34. The van der Waals surface area contributed by atoms with Crippen LogP contribution in [0.25, 0.3) is 0 Å². The Morgan fingerprint density at radius 3 is 2.13 bits per heavy atom. The van der Waals surface area contributed by atoms with Crippen molar-refractivity contribution < 1.29 is 22.4 Å². The third-order valence-electron chi connectivity index (χ3n) is 6.03. The second-order valence-electron chi connectivity index (χ2n) is 8.54. The number of carbonyl (C=O) groups is 2. The second kappa shape index (κ2) is 12.6. The smallest absolute Gasteiger partial charge is 0.264 e. The van der Waals surface area contributed by atoms with E-state index < -0.39 is 40.2 Å². The summed E-state index contributed by atoms with van der Waals surface area (Å²) in [4.78, 5) is 27.7. The van der Waals surface area contributed by atoms with Crippen LogP contribution in [0.4, 0.5) is 10.1 Å². The molecule has 1 atom stereocenters. The van der Waals surface area contributed by atoms with Crippen molar-refractivity contribution in [3.8, 4) is 0 Å². The number of anilines is 1. The van der Waals surface area contributed by atoms with Crippen LogP contribution in [0.1, 0.15) is 24.5 Å². The van der Waals surface area contributed by atoms with Crippen molar-refractivity contribution in [1.82, 2.24) is 10.2 Å². The van der Waals surface area contributed by atoms with Crippen LogP contribution in [0.15, 0.2) is 71.6 Å². The predicted octanol–water partition coefficient (Wildman–Crippen LogP) is 5.19. The van der Waals surface area contributed by atoms with E-state index in [4.69, 9.17) is 23.2 Å². The maximum atomic E-state index is 14.9. The molecule has 0 saturated heterocycles. The normalized spacial score (nSPS) is 12.1. The minimum absolute atomic E-state index is 0.113. The number of halogens is 3. The van der Waals surface area contributed by atoms with Gasteiger partial charge in [0.25, 0.3) is 10.0 Å². The van der Waals surface area contributed by atoms with Crippen molar-refractivity contribution in [2.75, 3.05) is 17.9 Å². The summed E-state index contributed by atoms with van der Waals surface area (Å²) in [6.45, 7) is 2.58. The third kappa shape index (κ3) is 6.46. The van der Waals surface area contributed by atoms with Crippen molar-refractivity contribution in [1.29, 1.82) is 0 Å². The molecule has 0 spiro atoms. The number of hydrogen-bond acceptors (Lipinski definition) is 4. The Bertz CT molecular complexity index is 1400. The van der Waals surface area contributed by atoms with E-state index in [1.165, 1.54) is 42.3 Å². The lowest BCUT2D eigenvalue weighted by Gasteiger charge is -2.33. The number of sulfonamides is 1. The van der Waals surface area contributed by atoms with E-state index in [-0.39, 0.29) is 33.6 Å². The maximum Gasteiger partial charge on any atom is 0.264 e. The summed E-state index contributed by atoms with van der Waals surface area (Å²) >= 11 is 12.7. The summed E-state index contributed by atoms with van der Waals surface area (Å²) in [7, 11) is -2.94. The van der Waals surface area contributed by atoms with Gasteiger partial charge in [-0.2, -0.15) is 0 Å². The number of para-hydroxylation sites is 1. The Morgan fingerprint density at radius 1 is 0.974 bits per heavy atom. The average molecular weight is 581 g/mol. The zero-order valence-corrected chi connectivity index (χ0v) is 23.4. The fraction of sp³-hybridized carbons (Fsp3) is 0.259. The third-order valence-corrected chi connectivity index (χ3v) is 8.51. The number of nitrogens with one attached hydrogen (secondary N) is 1. The second-order valence-corrected chi connectivity index (χ2v) is 11.2. The molecule has 0 heterocycles. The topological polar surface area (TPSA) is 86.8 Å². The number of hydrogen-bond donors (Lipinski definition) is 1. The van der Waals surface area contributed by atoms with Crippen molar-refractivity contribution in [3.63, 3.8) is 0 Å². The molecule has 202 valence electrons. The van der Waals surface area contributed by atoms with E-state index in [0.29, 0.717) is 9.87 Å². The number of aryl methyl sites for hydroxylation is 1. The largest absolute Gasteiger partial charge is 0.357 e. The molecule has 2 amide bonds. The first-order valence-electron chi connectivity index (χ1n) is 11.8. The Morgan fingerprint density at radius 2 is 1.58 bits per heavy atom. The summed E-state index contributed by atoms with van der Waals surface area (Å²) in [5.74, 6) is -2.02. The van der Waals surface area contributed by atoms with Crippen LogP contribution in [0, 0.1) is 12.7 Å². The van der Waals surface area contributed by atoms with Gasteiger partial charge in [0, 0.05) is 29.2 Å². The lowest BCUT2D eigenvalue weighted by molar-refractivity contribution is -0.140. The first-order valence-corrected chi connectivity index (χ1v) is 14.0. The SMILES string of the molecule is CC[C@@H](C(=O)NC)N(Cc1c(Cl)cccc1Cl)C(=O)CN(c1ccccc1F)S(=O)(=O)c1ccc(C)cc1. The number of carbonyl (C=O) groups excluding carboxylic acids is 2. The molecule has 0 saturated carbocycles. The van der Waals surface area contributed by atoms with E-state index >= 15 is 0 Å². The number of nitrogens with zero attached hydrogens (tertiary/aromatic N) is 2. The van der Waals surface area contributed by atoms with Crippen LogP contribution < -0.4 is 9.62 Å². The van der Waals surface area contributed by atoms with Gasteiger partial charge in [0.1, 0.15) is 18.4 Å². The Kier molecular flexibility index (Phi) is 9.76. The van der Waals surface area contributed by atoms with Gasteiger partial charge in [0.15, 0.2) is 0 Å². The molecule has 0 aliphatic carbocycles. The first-order chi connectivity index (χ1) is 18.0. The molecule has 3 aromatic carbocycles. The zero-order valence-electron chi connectivity index (χ0n) is 21.1. The summed E-state index contributed by atoms with van der Waals surface area (Å²) in [5, 5.41) is 3.09. The minimum Gasteiger partial charge on any atom is -0.357 e. The van der Waals surface area contributed by atoms with Crippen molar-refractivity contribution in [3.05, 3.63) is 93.7 Å². The molecule has 7 nitrogen and oxygen atoms in total. The van der Waals surface area contributed by atoms with Crippen LogP contribution in [-0.4, -0.2) is 44.8 Å². The molecule has 3 aromatic rings. The lowest BCUT2D eigenvalue weighted by atomic mass is 10.1. The Hall–Kier alpha value is -3.14. The van der Waals surface area contributed by atoms with E-state index in [1.807, 2.05) is 0 Å². The molecule has 0 radical (unpaired) electrons. The van der Waals surface area contributed by atoms with Gasteiger partial charge in [-0.3, -0.25) is 13.9 Å². The van der Waals surface area contributed by atoms with Crippen molar-refractivity contribution >= 4 is 50.7 Å². The van der Waals surface area contributed by atoms with Crippen LogP contribution in [0.5, 0.6) is 0 Å². The standard InChI is InChI=1S/C27H28Cl2FN3O4S/c1-4-24(27(35)31-3)32(16-20-21(28)8-7-9-22(20)29)26(34)17-33(25-11-6-5-10-23(25)30)38(36,37)19-14-12-18(2)13-15-19/h5-15,24H,4,16-17H2,1-3H3,(H,31,35)/t24-/m0/s1. The number of benzene rings is 3. The quantitative estimate of drug-likeness (QED) is 0.358. The van der Waals surface area contributed by atoms with Crippen LogP contribution in [0.3, 0.4) is 0 Å². The monoisotopic (exact) mass is 579 g/mol. The predicted molar refractivity (Wildman–Crippen MR) is 147 cm³/mol. The molecule has 0 unspecified atom stereocenters. The molecular formula is C27H28Cl2FN3O4S. The summed E-state index contributed by atoms with van der Waals surface area (Å²) in [6.07, 6.45) is 0.220. The maximum absolute atomic E-state index is 14.9. The highest BCUT2D eigenvalue weighted by Crippen LogP contribution is 2.29. The molecule has 38 heavy (non-hydrogen) atoms. The van der Waals surface area contributed by atoms with E-state index in [2.05, 4.69) is 5.32 Å². The molecule has 1 N–H and O–H groups in total. The molecule has 0 aromatic heterocycles. The fourth-order valence-electron chi connectivity index (χ4n) is 3.94. The fourth-order valence-corrected chi connectivity index (χ4v) is 5.88. The Balaban J connectivity index is 2.11. The van der Waals surface area contributed by atoms with Gasteiger partial charge in [-0.25, -0.2) is 12.8 Å². The van der Waals surface area contributed by atoms with Gasteiger partial charge >= 0.3 is 0 Å². The van der Waals surface area contributed by atoms with Gasteiger partial charge in [0.2, 0.25) is 11.8 Å². The zero-order chi connectivity index (χ0) is 28.0. The highest BCUT2D eigenvalue weighted by molar-refractivity contribution is 7.92. The van der Waals surface area contributed by atoms with Gasteiger partial charge in [-0.1, -0.05) is 66.0 Å². The number of likely N-dealkylation sites (N-methyl/N-ethyl adjacent to an activating group) is 1. The minimum atomic E-state index is -4.38. The van der Waals surface area contributed by atoms with Crippen LogP contribution >= 0.6 is 23.2 Å². The van der Waals surface area contributed by atoms with Gasteiger partial charge in [-0.05, 0) is 49.7 Å². The van der Waals surface area contributed by atoms with Crippen molar-refractivity contribution in [2.45, 2.75) is 37.8 Å². The van der Waals surface area contributed by atoms with Crippen LogP contribution in [-0.2, 0) is 26.2 Å². The Labute approximate surface area is 232 Å². The average Bonchev–Trinajstić information content (AvgIpc) is 2.89. The molecule has 0 aliphatic rings. The first kappa shape index (κ1) is 29.4. The molecule has 0 bridgehead atoms. The van der Waals surface area contributed by atoms with Crippen LogP contribution in [0.2, 0.25) is 10.0 Å². The van der Waals surface area contributed by atoms with E-state index in [9.17, 15) is 22.4 Å². The molecule has 0 fully saturated rings. The summed E-state index contributed by atoms with van der Waals surface area (Å²) < 4.78 is 43.1. The molecule has 0 aliphatic heterocycles. The number of amides is 2. The molecule has 3 rings (SSSR count). The van der Waals surface area contributed by atoms with Gasteiger partial charge in [0.05, 0.1) is 10.6 Å². The lowest BCUT2D eigenvalue weighted by Crippen LogP contribution is -2.52. The summed E-state index contributed by atoms with van der Waals surface area (Å²) in [5.41, 5.74) is 0.923. The summed E-state index contributed by atoms with van der Waals surface area (Å²) in [6, 6.07) is 15.2. The highest BCUT2D eigenvalue weighted by atomic mass is 35.5. The molecular weight excluding hydrogens is 552 g/mol. The number of rotatable bonds is 10. The molecule has 11 heteroatoms. The van der Waals surface area contributed by atoms with Crippen molar-refractivity contribution in [2.24, 2.45) is 0 Å². The van der Waals surface area contributed by atoms with Gasteiger partial charge in [-0.15, -0.1) is 0 Å². The van der Waals surface area contributed by atoms with E-state index in [0.717, 1.165) is 11.6 Å².